The van der Waals surface area contributed by atoms with Gasteiger partial charge in [-0.1, -0.05) is 56.7 Å². The van der Waals surface area contributed by atoms with Crippen LogP contribution in [0.15, 0.2) is 43.0 Å². The van der Waals surface area contributed by atoms with Crippen LogP contribution in [0.2, 0.25) is 0 Å². The van der Waals surface area contributed by atoms with E-state index in [1.165, 1.54) is 0 Å². The van der Waals surface area contributed by atoms with Gasteiger partial charge >= 0.3 is 5.97 Å². The number of nitrogens with one attached hydrogen (secondary N) is 2. The van der Waals surface area contributed by atoms with E-state index in [-0.39, 0.29) is 18.4 Å². The van der Waals surface area contributed by atoms with Crippen LogP contribution >= 0.6 is 0 Å². The molecule has 0 spiro atoms. The molecule has 1 aliphatic rings. The average Bonchev–Trinajstić information content (AvgIpc) is 2.81. The van der Waals surface area contributed by atoms with Crippen molar-refractivity contribution in [3.05, 3.63) is 48.6 Å². The van der Waals surface area contributed by atoms with Gasteiger partial charge in [-0.2, -0.15) is 0 Å². The van der Waals surface area contributed by atoms with E-state index in [1.54, 1.807) is 11.6 Å². The van der Waals surface area contributed by atoms with E-state index in [0.717, 1.165) is 37.7 Å². The van der Waals surface area contributed by atoms with Crippen molar-refractivity contribution >= 4 is 17.8 Å². The van der Waals surface area contributed by atoms with Crippen molar-refractivity contribution in [1.82, 2.24) is 10.8 Å². The third-order valence-electron chi connectivity index (χ3n) is 6.13. The summed E-state index contributed by atoms with van der Waals surface area (Å²) in [6.45, 7) is 7.60. The maximum absolute atomic E-state index is 13.4. The average molecular weight is 459 g/mol. The molecule has 0 saturated heterocycles. The number of benzene rings is 1. The van der Waals surface area contributed by atoms with Crippen LogP contribution in [0.3, 0.4) is 0 Å². The Labute approximate surface area is 196 Å². The van der Waals surface area contributed by atoms with Crippen molar-refractivity contribution in [3.63, 3.8) is 0 Å². The molecule has 0 bridgehead atoms. The molecule has 0 radical (unpaired) electrons. The first-order valence-electron chi connectivity index (χ1n) is 11.9. The Kier molecular flexibility index (Phi) is 11.1. The molecule has 7 nitrogen and oxygen atoms in total. The summed E-state index contributed by atoms with van der Waals surface area (Å²) in [5.41, 5.74) is 2.57. The SMILES string of the molecule is C=CCC(C(=O)NO)C(CC(C)C)C(=O)NC(Cc1ccccc1)C(=O)OC1CCCCC1. The second-order valence-corrected chi connectivity index (χ2v) is 9.29. The summed E-state index contributed by atoms with van der Waals surface area (Å²) < 4.78 is 5.77. The van der Waals surface area contributed by atoms with Gasteiger partial charge < -0.3 is 10.1 Å². The summed E-state index contributed by atoms with van der Waals surface area (Å²) in [6, 6.07) is 8.60. The van der Waals surface area contributed by atoms with Crippen LogP contribution in [0.1, 0.15) is 64.4 Å². The zero-order chi connectivity index (χ0) is 24.2. The molecule has 2 amide bonds. The van der Waals surface area contributed by atoms with Crippen molar-refractivity contribution in [2.24, 2.45) is 17.8 Å². The number of hydrogen-bond acceptors (Lipinski definition) is 5. The van der Waals surface area contributed by atoms with Gasteiger partial charge in [0.05, 0.1) is 11.8 Å². The standard InChI is InChI=1S/C26H38N2O5/c1-4-11-21(25(30)28-32)22(16-18(2)3)24(29)27-23(17-19-12-7-5-8-13-19)26(31)33-20-14-9-6-10-15-20/h4-5,7-8,12-13,18,20-23,32H,1,6,9-11,14-17H2,2-3H3,(H,27,29)(H,28,30). The molecule has 3 unspecified atom stereocenters. The monoisotopic (exact) mass is 458 g/mol. The summed E-state index contributed by atoms with van der Waals surface area (Å²) in [5.74, 6) is -2.88. The van der Waals surface area contributed by atoms with E-state index >= 15 is 0 Å². The highest BCUT2D eigenvalue weighted by atomic mass is 16.5. The van der Waals surface area contributed by atoms with E-state index in [1.807, 2.05) is 44.2 Å². The lowest BCUT2D eigenvalue weighted by Gasteiger charge is -2.29. The number of amides is 2. The highest BCUT2D eigenvalue weighted by Crippen LogP contribution is 2.26. The fraction of sp³-hybridized carbons (Fsp3) is 0.577. The van der Waals surface area contributed by atoms with Crippen LogP contribution in [0.4, 0.5) is 0 Å². The summed E-state index contributed by atoms with van der Waals surface area (Å²) in [7, 11) is 0. The molecule has 1 fully saturated rings. The van der Waals surface area contributed by atoms with E-state index in [9.17, 15) is 19.6 Å². The lowest BCUT2D eigenvalue weighted by Crippen LogP contribution is -2.49. The summed E-state index contributed by atoms with van der Waals surface area (Å²) in [4.78, 5) is 38.8. The first kappa shape index (κ1) is 26.6. The third kappa shape index (κ3) is 8.65. The van der Waals surface area contributed by atoms with Crippen LogP contribution in [-0.4, -0.2) is 35.1 Å². The summed E-state index contributed by atoms with van der Waals surface area (Å²) in [5, 5.41) is 12.1. The quantitative estimate of drug-likeness (QED) is 0.190. The van der Waals surface area contributed by atoms with Crippen molar-refractivity contribution < 1.29 is 24.3 Å². The molecule has 0 aliphatic heterocycles. The fourth-order valence-corrected chi connectivity index (χ4v) is 4.43. The second kappa shape index (κ2) is 13.8. The minimum Gasteiger partial charge on any atom is -0.461 e. The van der Waals surface area contributed by atoms with Gasteiger partial charge in [-0.15, -0.1) is 6.58 Å². The highest BCUT2D eigenvalue weighted by Gasteiger charge is 2.36. The largest absolute Gasteiger partial charge is 0.461 e. The molecule has 0 heterocycles. The number of ether oxygens (including phenoxy) is 1. The molecule has 182 valence electrons. The van der Waals surface area contributed by atoms with Crippen molar-refractivity contribution in [2.75, 3.05) is 0 Å². The molecular weight excluding hydrogens is 420 g/mol. The van der Waals surface area contributed by atoms with Gasteiger partial charge in [-0.3, -0.25) is 14.8 Å². The lowest BCUT2D eigenvalue weighted by molar-refractivity contribution is -0.155. The first-order valence-corrected chi connectivity index (χ1v) is 11.9. The molecule has 3 N–H and O–H groups in total. The van der Waals surface area contributed by atoms with Crippen LogP contribution < -0.4 is 10.8 Å². The fourth-order valence-electron chi connectivity index (χ4n) is 4.43. The maximum atomic E-state index is 13.4. The predicted molar refractivity (Wildman–Crippen MR) is 126 cm³/mol. The van der Waals surface area contributed by atoms with Crippen LogP contribution in [0.25, 0.3) is 0 Å². The molecule has 2 rings (SSSR count). The lowest BCUT2D eigenvalue weighted by atomic mass is 9.82. The zero-order valence-corrected chi connectivity index (χ0v) is 19.8. The summed E-state index contributed by atoms with van der Waals surface area (Å²) >= 11 is 0. The van der Waals surface area contributed by atoms with Gasteiger partial charge in [0, 0.05) is 6.42 Å². The van der Waals surface area contributed by atoms with Gasteiger partial charge in [0.25, 0.3) is 0 Å². The second-order valence-electron chi connectivity index (χ2n) is 9.29. The normalized spacial score (nSPS) is 17.0. The van der Waals surface area contributed by atoms with E-state index < -0.39 is 35.7 Å². The Morgan fingerprint density at radius 1 is 1.09 bits per heavy atom. The first-order chi connectivity index (χ1) is 15.8. The topological polar surface area (TPSA) is 105 Å². The number of carbonyl (C=O) groups is 3. The van der Waals surface area contributed by atoms with Crippen LogP contribution in [-0.2, 0) is 25.5 Å². The van der Waals surface area contributed by atoms with Crippen molar-refractivity contribution in [2.45, 2.75) is 77.4 Å². The third-order valence-corrected chi connectivity index (χ3v) is 6.13. The number of hydroxylamine groups is 1. The van der Waals surface area contributed by atoms with Gasteiger partial charge in [-0.05, 0) is 50.0 Å². The molecule has 1 aliphatic carbocycles. The summed E-state index contributed by atoms with van der Waals surface area (Å²) in [6.07, 6.45) is 7.27. The van der Waals surface area contributed by atoms with Gasteiger partial charge in [0.15, 0.2) is 0 Å². The molecule has 1 aromatic rings. The van der Waals surface area contributed by atoms with Crippen LogP contribution in [0, 0.1) is 17.8 Å². The molecule has 0 aromatic heterocycles. The minimum atomic E-state index is -0.863. The van der Waals surface area contributed by atoms with Gasteiger partial charge in [0.1, 0.15) is 12.1 Å². The molecule has 3 atom stereocenters. The number of hydrogen-bond donors (Lipinski definition) is 3. The zero-order valence-electron chi connectivity index (χ0n) is 19.8. The number of rotatable bonds is 12. The maximum Gasteiger partial charge on any atom is 0.329 e. The Balaban J connectivity index is 2.23. The van der Waals surface area contributed by atoms with Gasteiger partial charge in [0.2, 0.25) is 11.8 Å². The Bertz CT molecular complexity index is 774. The Morgan fingerprint density at radius 3 is 2.33 bits per heavy atom. The van der Waals surface area contributed by atoms with E-state index in [4.69, 9.17) is 4.74 Å². The number of allylic oxidation sites excluding steroid dienone is 1. The molecule has 1 aromatic carbocycles. The van der Waals surface area contributed by atoms with E-state index in [0.29, 0.717) is 12.8 Å². The van der Waals surface area contributed by atoms with E-state index in [2.05, 4.69) is 11.9 Å². The number of esters is 1. The smallest absolute Gasteiger partial charge is 0.329 e. The molecule has 1 saturated carbocycles. The Hall–Kier alpha value is -2.67. The highest BCUT2D eigenvalue weighted by molar-refractivity contribution is 5.90. The molecule has 7 heteroatoms. The molecular formula is C26H38N2O5. The van der Waals surface area contributed by atoms with Crippen molar-refractivity contribution in [1.29, 1.82) is 0 Å². The molecule has 33 heavy (non-hydrogen) atoms. The van der Waals surface area contributed by atoms with Crippen molar-refractivity contribution in [3.8, 4) is 0 Å². The minimum absolute atomic E-state index is 0.124. The predicted octanol–water partition coefficient (Wildman–Crippen LogP) is 3.95. The van der Waals surface area contributed by atoms with Crippen LogP contribution in [0.5, 0.6) is 0 Å². The Morgan fingerprint density at radius 2 is 1.76 bits per heavy atom. The van der Waals surface area contributed by atoms with Gasteiger partial charge in [-0.25, -0.2) is 10.3 Å². The number of carbonyl (C=O) groups excluding carboxylic acids is 3.